The van der Waals surface area contributed by atoms with Crippen LogP contribution in [0.25, 0.3) is 71.6 Å². The van der Waals surface area contributed by atoms with Gasteiger partial charge < -0.3 is 10.6 Å². The molecule has 0 unspecified atom stereocenters. The number of rotatable bonds is 5. The third kappa shape index (κ3) is 4.66. The van der Waals surface area contributed by atoms with Crippen LogP contribution < -0.4 is 10.6 Å². The molecule has 7 aromatic carbocycles. The Bertz CT molecular complexity index is 2680. The summed E-state index contributed by atoms with van der Waals surface area (Å²) in [5, 5.41) is 15.3. The van der Waals surface area contributed by atoms with Crippen molar-refractivity contribution in [2.75, 3.05) is 10.6 Å². The van der Waals surface area contributed by atoms with E-state index in [0.29, 0.717) is 0 Å². The normalized spacial score (nSPS) is 11.8. The van der Waals surface area contributed by atoms with Crippen molar-refractivity contribution in [2.24, 2.45) is 0 Å². The molecule has 47 heavy (non-hydrogen) atoms. The highest BCUT2D eigenvalue weighted by atomic mass is 32.1. The minimum atomic E-state index is 1.04. The van der Waals surface area contributed by atoms with Crippen LogP contribution in [0.2, 0.25) is 0 Å². The highest BCUT2D eigenvalue weighted by molar-refractivity contribution is 7.26. The molecule has 0 spiro atoms. The number of hydrogen-bond donors (Lipinski definition) is 2. The molecule has 0 amide bonds. The molecule has 5 heteroatoms. The maximum Gasteiger partial charge on any atom is 0.0411 e. The molecule has 2 N–H and O–H groups in total. The molecule has 0 aliphatic heterocycles. The Kier molecular flexibility index (Phi) is 6.13. The third-order valence-corrected chi connectivity index (χ3v) is 12.4. The molecule has 3 heterocycles. The predicted octanol–water partition coefficient (Wildman–Crippen LogP) is 13.9. The number of nitrogens with one attached hydrogen (secondary N) is 2. The van der Waals surface area contributed by atoms with Gasteiger partial charge in [0, 0.05) is 83.3 Å². The Morgan fingerprint density at radius 1 is 0.277 bits per heavy atom. The summed E-state index contributed by atoms with van der Waals surface area (Å²) in [6.45, 7) is 0. The molecule has 0 fully saturated rings. The van der Waals surface area contributed by atoms with Gasteiger partial charge in [0.25, 0.3) is 0 Å². The zero-order valence-electron chi connectivity index (χ0n) is 25.1. The standard InChI is InChI=1S/C42H26N2S3/c1-4-10-37-31(7-1)34-21-25(13-16-40(34)45-37)26-19-29(43-27-14-17-41-35(23-27)32-8-2-5-11-38(32)46-41)22-30(20-26)44-28-15-18-42-36(24-28)33-9-3-6-12-39(33)47-42/h1-24,43-44H. The lowest BCUT2D eigenvalue weighted by Gasteiger charge is -2.14. The number of benzene rings is 7. The second-order valence-electron chi connectivity index (χ2n) is 12.0. The third-order valence-electron chi connectivity index (χ3n) is 8.97. The Morgan fingerprint density at radius 3 is 1.17 bits per heavy atom. The fourth-order valence-electron chi connectivity index (χ4n) is 6.79. The summed E-state index contributed by atoms with van der Waals surface area (Å²) < 4.78 is 7.89. The van der Waals surface area contributed by atoms with Crippen LogP contribution >= 0.6 is 34.0 Å². The largest absolute Gasteiger partial charge is 0.355 e. The molecule has 0 bridgehead atoms. The monoisotopic (exact) mass is 654 g/mol. The molecule has 0 aliphatic carbocycles. The summed E-state index contributed by atoms with van der Waals surface area (Å²) in [6, 6.07) is 53.1. The van der Waals surface area contributed by atoms with Crippen molar-refractivity contribution in [1.29, 1.82) is 0 Å². The van der Waals surface area contributed by atoms with Crippen LogP contribution in [-0.2, 0) is 0 Å². The zero-order chi connectivity index (χ0) is 30.9. The summed E-state index contributed by atoms with van der Waals surface area (Å²) in [4.78, 5) is 0. The van der Waals surface area contributed by atoms with E-state index < -0.39 is 0 Å². The van der Waals surface area contributed by atoms with Gasteiger partial charge in [-0.1, -0.05) is 60.7 Å². The van der Waals surface area contributed by atoms with Crippen LogP contribution in [0.1, 0.15) is 0 Å². The molecule has 0 aliphatic rings. The molecular formula is C42H26N2S3. The summed E-state index contributed by atoms with van der Waals surface area (Å²) in [5.41, 5.74) is 6.61. The molecule has 3 aromatic heterocycles. The highest BCUT2D eigenvalue weighted by Crippen LogP contribution is 2.40. The van der Waals surface area contributed by atoms with E-state index in [0.717, 1.165) is 22.7 Å². The van der Waals surface area contributed by atoms with E-state index in [1.807, 2.05) is 34.0 Å². The van der Waals surface area contributed by atoms with E-state index in [-0.39, 0.29) is 0 Å². The molecule has 0 saturated carbocycles. The van der Waals surface area contributed by atoms with Gasteiger partial charge in [-0.25, -0.2) is 0 Å². The highest BCUT2D eigenvalue weighted by Gasteiger charge is 2.12. The molecule has 0 atom stereocenters. The van der Waals surface area contributed by atoms with Gasteiger partial charge >= 0.3 is 0 Å². The number of anilines is 4. The summed E-state index contributed by atoms with van der Waals surface area (Å²) in [6.07, 6.45) is 0. The minimum Gasteiger partial charge on any atom is -0.355 e. The van der Waals surface area contributed by atoms with Crippen molar-refractivity contribution < 1.29 is 0 Å². The Balaban J connectivity index is 1.09. The quantitative estimate of drug-likeness (QED) is 0.193. The van der Waals surface area contributed by atoms with Gasteiger partial charge in [-0.15, -0.1) is 34.0 Å². The van der Waals surface area contributed by atoms with E-state index in [2.05, 4.69) is 156 Å². The fraction of sp³-hybridized carbons (Fsp3) is 0. The van der Waals surface area contributed by atoms with E-state index in [1.54, 1.807) is 0 Å². The second-order valence-corrected chi connectivity index (χ2v) is 15.2. The molecule has 0 radical (unpaired) electrons. The van der Waals surface area contributed by atoms with Crippen molar-refractivity contribution in [3.05, 3.63) is 146 Å². The fourth-order valence-corrected chi connectivity index (χ4v) is 10.0. The maximum absolute atomic E-state index is 3.77. The molecule has 0 saturated heterocycles. The van der Waals surface area contributed by atoms with Gasteiger partial charge in [0.15, 0.2) is 0 Å². The van der Waals surface area contributed by atoms with Crippen LogP contribution in [0.4, 0.5) is 22.7 Å². The molecular weight excluding hydrogens is 629 g/mol. The van der Waals surface area contributed by atoms with Gasteiger partial charge in [-0.05, 0) is 96.1 Å². The molecule has 10 aromatic rings. The van der Waals surface area contributed by atoms with E-state index in [9.17, 15) is 0 Å². The first-order valence-electron chi connectivity index (χ1n) is 15.7. The van der Waals surface area contributed by atoms with Gasteiger partial charge in [0.2, 0.25) is 0 Å². The Hall–Kier alpha value is -5.20. The van der Waals surface area contributed by atoms with Crippen molar-refractivity contribution >= 4 is 117 Å². The lowest BCUT2D eigenvalue weighted by Crippen LogP contribution is -1.95. The maximum atomic E-state index is 3.77. The number of thiophene rings is 3. The lowest BCUT2D eigenvalue weighted by molar-refractivity contribution is 1.52. The van der Waals surface area contributed by atoms with Gasteiger partial charge in [-0.3, -0.25) is 0 Å². The summed E-state index contributed by atoms with van der Waals surface area (Å²) in [7, 11) is 0. The van der Waals surface area contributed by atoms with Crippen LogP contribution in [-0.4, -0.2) is 0 Å². The van der Waals surface area contributed by atoms with Gasteiger partial charge in [-0.2, -0.15) is 0 Å². The smallest absolute Gasteiger partial charge is 0.0411 e. The Morgan fingerprint density at radius 2 is 0.681 bits per heavy atom. The Labute approximate surface area is 283 Å². The van der Waals surface area contributed by atoms with Crippen molar-refractivity contribution in [2.45, 2.75) is 0 Å². The first-order valence-corrected chi connectivity index (χ1v) is 18.1. The molecule has 222 valence electrons. The van der Waals surface area contributed by atoms with Crippen LogP contribution in [0.3, 0.4) is 0 Å². The van der Waals surface area contributed by atoms with Crippen molar-refractivity contribution in [3.8, 4) is 11.1 Å². The van der Waals surface area contributed by atoms with Crippen molar-refractivity contribution in [3.63, 3.8) is 0 Å². The van der Waals surface area contributed by atoms with E-state index >= 15 is 0 Å². The van der Waals surface area contributed by atoms with Gasteiger partial charge in [0.05, 0.1) is 0 Å². The van der Waals surface area contributed by atoms with Crippen LogP contribution in [0.5, 0.6) is 0 Å². The zero-order valence-corrected chi connectivity index (χ0v) is 27.5. The average molecular weight is 655 g/mol. The number of hydrogen-bond acceptors (Lipinski definition) is 5. The first-order chi connectivity index (χ1) is 23.2. The number of fused-ring (bicyclic) bond motifs is 9. The van der Waals surface area contributed by atoms with Gasteiger partial charge in [0.1, 0.15) is 0 Å². The SMILES string of the molecule is c1ccc2c(c1)sc1ccc(Nc3cc(Nc4ccc5sc6ccccc6c5c4)cc(-c4ccc5sc6ccccc6c5c4)c3)cc12. The second kappa shape index (κ2) is 10.7. The predicted molar refractivity (Wildman–Crippen MR) is 210 cm³/mol. The van der Waals surface area contributed by atoms with Crippen molar-refractivity contribution in [1.82, 2.24) is 0 Å². The van der Waals surface area contributed by atoms with Crippen LogP contribution in [0, 0.1) is 0 Å². The molecule has 10 rings (SSSR count). The topological polar surface area (TPSA) is 24.1 Å². The van der Waals surface area contributed by atoms with Crippen LogP contribution in [0.15, 0.2) is 146 Å². The minimum absolute atomic E-state index is 1.04. The van der Waals surface area contributed by atoms with E-state index in [1.165, 1.54) is 71.6 Å². The summed E-state index contributed by atoms with van der Waals surface area (Å²) >= 11 is 5.55. The first kappa shape index (κ1) is 27.0. The van der Waals surface area contributed by atoms with E-state index in [4.69, 9.17) is 0 Å². The molecule has 2 nitrogen and oxygen atoms in total. The lowest BCUT2D eigenvalue weighted by atomic mass is 10.0. The summed E-state index contributed by atoms with van der Waals surface area (Å²) in [5.74, 6) is 0. The average Bonchev–Trinajstić information content (AvgIpc) is 3.79.